The molecule has 0 spiro atoms. The van der Waals surface area contributed by atoms with E-state index in [0.717, 1.165) is 17.9 Å². The Bertz CT molecular complexity index is 537. The lowest BCUT2D eigenvalue weighted by Crippen LogP contribution is -2.37. The summed E-state index contributed by atoms with van der Waals surface area (Å²) in [5, 5.41) is 0. The van der Waals surface area contributed by atoms with Crippen LogP contribution in [0.4, 0.5) is 0 Å². The largest absolute Gasteiger partial charge is 0.326 e. The lowest BCUT2D eigenvalue weighted by Gasteiger charge is -2.31. The highest BCUT2D eigenvalue weighted by atomic mass is 15.2. The van der Waals surface area contributed by atoms with Crippen LogP contribution in [-0.4, -0.2) is 23.0 Å². The molecular formula is C17H23N3. The number of benzene rings is 1. The van der Waals surface area contributed by atoms with Gasteiger partial charge in [0.2, 0.25) is 0 Å². The van der Waals surface area contributed by atoms with E-state index < -0.39 is 0 Å². The SMILES string of the molecule is Cc1cccc(CN(C)C(c2ccccc2)C(C)N)n1. The van der Waals surface area contributed by atoms with Gasteiger partial charge in [-0.15, -0.1) is 0 Å². The second-order valence-electron chi connectivity index (χ2n) is 5.40. The van der Waals surface area contributed by atoms with Crippen LogP contribution in [0.3, 0.4) is 0 Å². The Morgan fingerprint density at radius 3 is 2.40 bits per heavy atom. The highest BCUT2D eigenvalue weighted by Gasteiger charge is 2.21. The summed E-state index contributed by atoms with van der Waals surface area (Å²) in [5.41, 5.74) is 9.57. The molecule has 0 amide bonds. The minimum Gasteiger partial charge on any atom is -0.326 e. The normalized spacial score (nSPS) is 14.2. The van der Waals surface area contributed by atoms with Crippen molar-refractivity contribution >= 4 is 0 Å². The van der Waals surface area contributed by atoms with Crippen molar-refractivity contribution in [3.63, 3.8) is 0 Å². The Kier molecular flexibility index (Phi) is 4.88. The number of aryl methyl sites for hydroxylation is 1. The summed E-state index contributed by atoms with van der Waals surface area (Å²) in [5.74, 6) is 0. The Morgan fingerprint density at radius 2 is 1.80 bits per heavy atom. The van der Waals surface area contributed by atoms with Gasteiger partial charge in [0, 0.05) is 24.3 Å². The van der Waals surface area contributed by atoms with E-state index in [-0.39, 0.29) is 12.1 Å². The number of hydrogen-bond acceptors (Lipinski definition) is 3. The molecule has 1 heterocycles. The molecule has 3 nitrogen and oxygen atoms in total. The molecule has 0 radical (unpaired) electrons. The summed E-state index contributed by atoms with van der Waals surface area (Å²) in [4.78, 5) is 6.83. The zero-order valence-electron chi connectivity index (χ0n) is 12.5. The molecule has 0 aliphatic rings. The molecule has 1 aromatic carbocycles. The minimum atomic E-state index is 0.0622. The molecule has 20 heavy (non-hydrogen) atoms. The van der Waals surface area contributed by atoms with E-state index in [2.05, 4.69) is 60.3 Å². The number of nitrogens with zero attached hydrogens (tertiary/aromatic N) is 2. The van der Waals surface area contributed by atoms with Crippen molar-refractivity contribution in [3.05, 3.63) is 65.5 Å². The van der Waals surface area contributed by atoms with Crippen molar-refractivity contribution in [1.29, 1.82) is 0 Å². The fraction of sp³-hybridized carbons (Fsp3) is 0.353. The van der Waals surface area contributed by atoms with Gasteiger partial charge in [-0.3, -0.25) is 9.88 Å². The molecular weight excluding hydrogens is 246 g/mol. The average Bonchev–Trinajstić information content (AvgIpc) is 2.39. The third kappa shape index (κ3) is 3.65. The van der Waals surface area contributed by atoms with Crippen LogP contribution in [0, 0.1) is 6.92 Å². The van der Waals surface area contributed by atoms with E-state index in [9.17, 15) is 0 Å². The van der Waals surface area contributed by atoms with E-state index in [0.29, 0.717) is 0 Å². The Balaban J connectivity index is 2.18. The van der Waals surface area contributed by atoms with Gasteiger partial charge in [-0.2, -0.15) is 0 Å². The Hall–Kier alpha value is -1.71. The molecule has 2 unspecified atom stereocenters. The van der Waals surface area contributed by atoms with Gasteiger partial charge in [0.1, 0.15) is 0 Å². The number of pyridine rings is 1. The van der Waals surface area contributed by atoms with Gasteiger partial charge in [-0.25, -0.2) is 0 Å². The van der Waals surface area contributed by atoms with Gasteiger partial charge in [0.15, 0.2) is 0 Å². The van der Waals surface area contributed by atoms with Gasteiger partial charge in [-0.1, -0.05) is 36.4 Å². The monoisotopic (exact) mass is 269 g/mol. The van der Waals surface area contributed by atoms with Crippen molar-refractivity contribution in [2.24, 2.45) is 5.73 Å². The van der Waals surface area contributed by atoms with Gasteiger partial charge in [0.25, 0.3) is 0 Å². The molecule has 106 valence electrons. The second kappa shape index (κ2) is 6.64. The van der Waals surface area contributed by atoms with Crippen LogP contribution in [-0.2, 0) is 6.54 Å². The first-order chi connectivity index (χ1) is 9.58. The molecule has 2 rings (SSSR count). The summed E-state index contributed by atoms with van der Waals surface area (Å²) >= 11 is 0. The molecule has 2 atom stereocenters. The number of likely N-dealkylation sites (N-methyl/N-ethyl adjacent to an activating group) is 1. The first-order valence-electron chi connectivity index (χ1n) is 7.01. The van der Waals surface area contributed by atoms with Crippen molar-refractivity contribution in [2.45, 2.75) is 32.5 Å². The standard InChI is InChI=1S/C17H23N3/c1-13-8-7-11-16(19-13)12-20(3)17(14(2)18)15-9-5-4-6-10-15/h4-11,14,17H,12,18H2,1-3H3. The summed E-state index contributed by atoms with van der Waals surface area (Å²) < 4.78 is 0. The summed E-state index contributed by atoms with van der Waals surface area (Å²) in [6.07, 6.45) is 0. The maximum absolute atomic E-state index is 6.19. The molecule has 0 saturated carbocycles. The van der Waals surface area contributed by atoms with E-state index >= 15 is 0 Å². The second-order valence-corrected chi connectivity index (χ2v) is 5.40. The Labute approximate surface area is 121 Å². The fourth-order valence-corrected chi connectivity index (χ4v) is 2.65. The minimum absolute atomic E-state index is 0.0622. The molecule has 3 heteroatoms. The van der Waals surface area contributed by atoms with Crippen molar-refractivity contribution < 1.29 is 0 Å². The van der Waals surface area contributed by atoms with Crippen LogP contribution in [0.2, 0.25) is 0 Å². The number of hydrogen-bond donors (Lipinski definition) is 1. The Morgan fingerprint density at radius 1 is 1.10 bits per heavy atom. The molecule has 0 bridgehead atoms. The van der Waals surface area contributed by atoms with Crippen LogP contribution >= 0.6 is 0 Å². The van der Waals surface area contributed by atoms with E-state index in [1.165, 1.54) is 5.56 Å². The van der Waals surface area contributed by atoms with Gasteiger partial charge in [-0.05, 0) is 38.6 Å². The van der Waals surface area contributed by atoms with Crippen LogP contribution in [0.15, 0.2) is 48.5 Å². The van der Waals surface area contributed by atoms with Gasteiger partial charge in [0.05, 0.1) is 5.69 Å². The summed E-state index contributed by atoms with van der Waals surface area (Å²) in [6.45, 7) is 4.87. The third-order valence-corrected chi connectivity index (χ3v) is 3.47. The lowest BCUT2D eigenvalue weighted by atomic mass is 9.99. The predicted octanol–water partition coefficient (Wildman–Crippen LogP) is 2.91. The first kappa shape index (κ1) is 14.7. The number of aromatic nitrogens is 1. The molecule has 0 saturated heterocycles. The molecule has 2 N–H and O–H groups in total. The summed E-state index contributed by atoms with van der Waals surface area (Å²) in [7, 11) is 2.10. The van der Waals surface area contributed by atoms with Crippen molar-refractivity contribution in [2.75, 3.05) is 7.05 Å². The maximum Gasteiger partial charge on any atom is 0.0547 e. The number of nitrogens with two attached hydrogens (primary N) is 1. The zero-order valence-corrected chi connectivity index (χ0v) is 12.5. The maximum atomic E-state index is 6.19. The van der Waals surface area contributed by atoms with Crippen molar-refractivity contribution in [1.82, 2.24) is 9.88 Å². The van der Waals surface area contributed by atoms with E-state index in [1.54, 1.807) is 0 Å². The molecule has 0 aliphatic carbocycles. The summed E-state index contributed by atoms with van der Waals surface area (Å²) in [6, 6.07) is 16.8. The number of rotatable bonds is 5. The zero-order chi connectivity index (χ0) is 14.5. The van der Waals surface area contributed by atoms with Crippen LogP contribution in [0.1, 0.15) is 29.9 Å². The molecule has 0 fully saturated rings. The van der Waals surface area contributed by atoms with E-state index in [1.807, 2.05) is 19.1 Å². The fourth-order valence-electron chi connectivity index (χ4n) is 2.65. The van der Waals surface area contributed by atoms with Crippen LogP contribution in [0.5, 0.6) is 0 Å². The first-order valence-corrected chi connectivity index (χ1v) is 7.01. The average molecular weight is 269 g/mol. The topological polar surface area (TPSA) is 42.1 Å². The van der Waals surface area contributed by atoms with Gasteiger partial charge < -0.3 is 5.73 Å². The quantitative estimate of drug-likeness (QED) is 0.907. The van der Waals surface area contributed by atoms with E-state index in [4.69, 9.17) is 5.73 Å². The predicted molar refractivity (Wildman–Crippen MR) is 83.3 cm³/mol. The molecule has 0 aliphatic heterocycles. The molecule has 1 aromatic heterocycles. The lowest BCUT2D eigenvalue weighted by molar-refractivity contribution is 0.208. The highest BCUT2D eigenvalue weighted by molar-refractivity contribution is 5.21. The van der Waals surface area contributed by atoms with Crippen LogP contribution in [0.25, 0.3) is 0 Å². The third-order valence-electron chi connectivity index (χ3n) is 3.47. The van der Waals surface area contributed by atoms with Crippen molar-refractivity contribution in [3.8, 4) is 0 Å². The van der Waals surface area contributed by atoms with Gasteiger partial charge >= 0.3 is 0 Å². The van der Waals surface area contributed by atoms with Crippen LogP contribution < -0.4 is 5.73 Å². The highest BCUT2D eigenvalue weighted by Crippen LogP contribution is 2.23. The molecule has 2 aromatic rings. The smallest absolute Gasteiger partial charge is 0.0547 e.